The van der Waals surface area contributed by atoms with E-state index in [0.29, 0.717) is 41.5 Å². The number of aryl methyl sites for hydroxylation is 2. The van der Waals surface area contributed by atoms with Crippen LogP contribution in [0.5, 0.6) is 0 Å². The number of fused-ring (bicyclic) bond motifs is 1. The first kappa shape index (κ1) is 25.8. The van der Waals surface area contributed by atoms with E-state index in [2.05, 4.69) is 32.3 Å². The summed E-state index contributed by atoms with van der Waals surface area (Å²) < 4.78 is 8.10. The Balaban J connectivity index is 1.56. The molecular formula is C28H29N7O4. The van der Waals surface area contributed by atoms with Crippen molar-refractivity contribution in [2.24, 2.45) is 5.16 Å². The molecule has 0 aliphatic heterocycles. The van der Waals surface area contributed by atoms with Gasteiger partial charge in [-0.3, -0.25) is 18.9 Å². The van der Waals surface area contributed by atoms with Crippen molar-refractivity contribution in [3.8, 4) is 22.5 Å². The first-order valence-corrected chi connectivity index (χ1v) is 12.7. The van der Waals surface area contributed by atoms with Gasteiger partial charge in [0.25, 0.3) is 5.56 Å². The van der Waals surface area contributed by atoms with Crippen molar-refractivity contribution in [3.05, 3.63) is 92.1 Å². The summed E-state index contributed by atoms with van der Waals surface area (Å²) in [5, 5.41) is 12.4. The SMILES string of the molecule is CCCc1c(Cc2ccc(-c3ccccc3-c3noc(=O)[nH]3)cc2)c(=O)n(CC(C)=NOC)c2nc(C)nn12. The van der Waals surface area contributed by atoms with Crippen molar-refractivity contribution in [1.82, 2.24) is 29.3 Å². The van der Waals surface area contributed by atoms with Gasteiger partial charge >= 0.3 is 5.76 Å². The minimum atomic E-state index is -0.605. The highest BCUT2D eigenvalue weighted by Crippen LogP contribution is 2.30. The molecule has 0 amide bonds. The van der Waals surface area contributed by atoms with E-state index in [4.69, 9.17) is 9.36 Å². The molecule has 0 radical (unpaired) electrons. The van der Waals surface area contributed by atoms with Crippen molar-refractivity contribution in [3.63, 3.8) is 0 Å². The van der Waals surface area contributed by atoms with Crippen LogP contribution in [0.15, 0.2) is 67.8 Å². The molecule has 0 saturated heterocycles. The van der Waals surface area contributed by atoms with Crippen LogP contribution in [0.2, 0.25) is 0 Å². The van der Waals surface area contributed by atoms with Crippen LogP contribution < -0.4 is 11.3 Å². The molecular weight excluding hydrogens is 498 g/mol. The number of H-pyrrole nitrogens is 1. The highest BCUT2D eigenvalue weighted by atomic mass is 16.6. The molecule has 0 aliphatic carbocycles. The Labute approximate surface area is 223 Å². The molecule has 3 aromatic heterocycles. The lowest BCUT2D eigenvalue weighted by atomic mass is 9.96. The van der Waals surface area contributed by atoms with Crippen molar-refractivity contribution in [1.29, 1.82) is 0 Å². The largest absolute Gasteiger partial charge is 0.439 e. The third-order valence-corrected chi connectivity index (χ3v) is 6.43. The Hall–Kier alpha value is -4.80. The second kappa shape index (κ2) is 10.9. The quantitative estimate of drug-likeness (QED) is 0.228. The molecule has 3 heterocycles. The molecule has 0 spiro atoms. The number of benzene rings is 2. The standard InChI is InChI=1S/C28H29N7O4/c1-5-8-24-23(26(36)34(16-17(2)32-38-4)27-29-18(3)31-35(24)27)15-19-11-13-20(14-12-19)21-9-6-7-10-22(21)25-30-28(37)39-33-25/h6-7,9-14H,5,8,15-16H2,1-4H3,(H,30,33,37). The molecule has 0 saturated carbocycles. The van der Waals surface area contributed by atoms with Gasteiger partial charge in [0.15, 0.2) is 5.82 Å². The maximum absolute atomic E-state index is 13.9. The van der Waals surface area contributed by atoms with Crippen LogP contribution in [-0.4, -0.2) is 42.1 Å². The number of nitrogens with one attached hydrogen (secondary N) is 1. The van der Waals surface area contributed by atoms with E-state index >= 15 is 0 Å². The van der Waals surface area contributed by atoms with Gasteiger partial charge < -0.3 is 4.84 Å². The molecule has 0 aliphatic rings. The highest BCUT2D eigenvalue weighted by Gasteiger charge is 2.20. The van der Waals surface area contributed by atoms with Gasteiger partial charge in [0.05, 0.1) is 18.0 Å². The molecule has 1 N–H and O–H groups in total. The highest BCUT2D eigenvalue weighted by molar-refractivity contribution is 5.81. The van der Waals surface area contributed by atoms with Gasteiger partial charge in [-0.25, -0.2) is 9.31 Å². The molecule has 0 atom stereocenters. The van der Waals surface area contributed by atoms with Gasteiger partial charge in [-0.2, -0.15) is 10.1 Å². The Kier molecular flexibility index (Phi) is 7.22. The summed E-state index contributed by atoms with van der Waals surface area (Å²) in [6.45, 7) is 5.95. The van der Waals surface area contributed by atoms with Gasteiger partial charge in [0.1, 0.15) is 12.9 Å². The average molecular weight is 528 g/mol. The smallest absolute Gasteiger partial charge is 0.399 e. The van der Waals surface area contributed by atoms with Crippen molar-refractivity contribution in [2.75, 3.05) is 7.11 Å². The number of hydrogen-bond acceptors (Lipinski definition) is 8. The summed E-state index contributed by atoms with van der Waals surface area (Å²) in [6.07, 6.45) is 1.98. The topological polar surface area (TPSA) is 133 Å². The molecule has 200 valence electrons. The molecule has 0 bridgehead atoms. The molecule has 5 aromatic rings. The first-order chi connectivity index (χ1) is 18.9. The minimum Gasteiger partial charge on any atom is -0.399 e. The molecule has 5 rings (SSSR count). The summed E-state index contributed by atoms with van der Waals surface area (Å²) in [5.41, 5.74) is 5.64. The number of oxime groups is 1. The average Bonchev–Trinajstić information content (AvgIpc) is 3.54. The van der Waals surface area contributed by atoms with E-state index < -0.39 is 5.76 Å². The van der Waals surface area contributed by atoms with Crippen LogP contribution in [0.1, 0.15) is 42.9 Å². The number of nitrogens with zero attached hydrogens (tertiary/aromatic N) is 6. The Morgan fingerprint density at radius 2 is 1.85 bits per heavy atom. The fourth-order valence-corrected chi connectivity index (χ4v) is 4.79. The van der Waals surface area contributed by atoms with Crippen LogP contribution in [0.3, 0.4) is 0 Å². The van der Waals surface area contributed by atoms with Gasteiger partial charge in [-0.05, 0) is 37.0 Å². The third-order valence-electron chi connectivity index (χ3n) is 6.43. The summed E-state index contributed by atoms with van der Waals surface area (Å²) in [5.74, 6) is 0.851. The van der Waals surface area contributed by atoms with E-state index in [1.54, 1.807) is 16.0 Å². The predicted octanol–water partition coefficient (Wildman–Crippen LogP) is 3.78. The Morgan fingerprint density at radius 1 is 1.10 bits per heavy atom. The molecule has 0 unspecified atom stereocenters. The number of hydrogen-bond donors (Lipinski definition) is 1. The number of aromatic nitrogens is 6. The van der Waals surface area contributed by atoms with Crippen LogP contribution in [0.4, 0.5) is 0 Å². The van der Waals surface area contributed by atoms with Crippen LogP contribution in [0, 0.1) is 6.92 Å². The van der Waals surface area contributed by atoms with E-state index in [1.807, 2.05) is 55.5 Å². The van der Waals surface area contributed by atoms with E-state index in [0.717, 1.165) is 34.4 Å². The van der Waals surface area contributed by atoms with Crippen molar-refractivity contribution >= 4 is 11.5 Å². The fraction of sp³-hybridized carbons (Fsp3) is 0.286. The zero-order valence-electron chi connectivity index (χ0n) is 22.3. The van der Waals surface area contributed by atoms with Crippen LogP contribution in [-0.2, 0) is 24.2 Å². The Morgan fingerprint density at radius 3 is 2.51 bits per heavy atom. The normalized spacial score (nSPS) is 11.8. The van der Waals surface area contributed by atoms with E-state index in [-0.39, 0.29) is 12.1 Å². The van der Waals surface area contributed by atoms with E-state index in [1.165, 1.54) is 7.11 Å². The molecule has 2 aromatic carbocycles. The van der Waals surface area contributed by atoms with Gasteiger partial charge in [-0.1, -0.05) is 72.2 Å². The lowest BCUT2D eigenvalue weighted by molar-refractivity contribution is 0.212. The van der Waals surface area contributed by atoms with Gasteiger partial charge in [0, 0.05) is 17.5 Å². The monoisotopic (exact) mass is 527 g/mol. The fourth-order valence-electron chi connectivity index (χ4n) is 4.79. The van der Waals surface area contributed by atoms with Crippen molar-refractivity contribution in [2.45, 2.75) is 46.6 Å². The lowest BCUT2D eigenvalue weighted by Gasteiger charge is -2.15. The number of rotatable bonds is 9. The second-order valence-electron chi connectivity index (χ2n) is 9.31. The predicted molar refractivity (Wildman–Crippen MR) is 147 cm³/mol. The van der Waals surface area contributed by atoms with Gasteiger partial charge in [0.2, 0.25) is 5.78 Å². The number of aromatic amines is 1. The Bertz CT molecular complexity index is 1770. The molecule has 0 fully saturated rings. The van der Waals surface area contributed by atoms with Crippen molar-refractivity contribution < 1.29 is 9.36 Å². The van der Waals surface area contributed by atoms with E-state index in [9.17, 15) is 9.59 Å². The third kappa shape index (κ3) is 5.15. The summed E-state index contributed by atoms with van der Waals surface area (Å²) in [6, 6.07) is 15.6. The maximum atomic E-state index is 13.9. The van der Waals surface area contributed by atoms with Gasteiger partial charge in [-0.15, -0.1) is 0 Å². The maximum Gasteiger partial charge on any atom is 0.439 e. The minimum absolute atomic E-state index is 0.117. The van der Waals surface area contributed by atoms with Crippen LogP contribution >= 0.6 is 0 Å². The van der Waals surface area contributed by atoms with Crippen LogP contribution in [0.25, 0.3) is 28.3 Å². The zero-order valence-corrected chi connectivity index (χ0v) is 22.3. The first-order valence-electron chi connectivity index (χ1n) is 12.7. The molecule has 11 heteroatoms. The second-order valence-corrected chi connectivity index (χ2v) is 9.31. The summed E-state index contributed by atoms with van der Waals surface area (Å²) in [4.78, 5) is 37.4. The molecule has 39 heavy (non-hydrogen) atoms. The summed E-state index contributed by atoms with van der Waals surface area (Å²) in [7, 11) is 1.48. The lowest BCUT2D eigenvalue weighted by Crippen LogP contribution is -2.31. The molecule has 11 nitrogen and oxygen atoms in total. The summed E-state index contributed by atoms with van der Waals surface area (Å²) >= 11 is 0. The zero-order chi connectivity index (χ0) is 27.5.